The van der Waals surface area contributed by atoms with E-state index >= 15 is 0 Å². The highest BCUT2D eigenvalue weighted by atomic mass is 19.3. The third-order valence-electron chi connectivity index (χ3n) is 7.80. The summed E-state index contributed by atoms with van der Waals surface area (Å²) in [5.74, 6) is -0.0421. The molecule has 7 rings (SSSR count). The van der Waals surface area contributed by atoms with Crippen LogP contribution in [-0.2, 0) is 29.9 Å². The van der Waals surface area contributed by atoms with Crippen LogP contribution in [-0.4, -0.2) is 32.3 Å². The summed E-state index contributed by atoms with van der Waals surface area (Å²) in [6, 6.07) is 2.99. The van der Waals surface area contributed by atoms with Crippen LogP contribution in [0.2, 0.25) is 0 Å². The fraction of sp³-hybridized carbons (Fsp3) is 0.417. The summed E-state index contributed by atoms with van der Waals surface area (Å²) in [6.07, 6.45) is -3.98. The van der Waals surface area contributed by atoms with E-state index < -0.39 is 18.2 Å². The first-order valence-corrected chi connectivity index (χ1v) is 11.5. The van der Waals surface area contributed by atoms with E-state index in [1.807, 2.05) is 0 Å². The summed E-state index contributed by atoms with van der Waals surface area (Å²) in [7, 11) is 0. The SMILES string of the molecule is CC[C@]1(O)c2cc3n(c(=O)c2COC1O)Cc1c-3nc2cc3c(c4c2c1[C@H]([NH3+])CC4)OC(F)(F)O3. The number of pyridine rings is 2. The van der Waals surface area contributed by atoms with E-state index in [0.717, 1.165) is 11.1 Å². The van der Waals surface area contributed by atoms with Crippen molar-refractivity contribution in [1.82, 2.24) is 9.55 Å². The smallest absolute Gasteiger partial charge is 0.395 e. The first kappa shape index (κ1) is 21.2. The van der Waals surface area contributed by atoms with E-state index in [1.54, 1.807) is 17.6 Å². The Kier molecular flexibility index (Phi) is 3.96. The number of aryl methyl sites for hydroxylation is 1. The van der Waals surface area contributed by atoms with Gasteiger partial charge in [0.1, 0.15) is 11.6 Å². The Balaban J connectivity index is 1.53. The van der Waals surface area contributed by atoms with Crippen molar-refractivity contribution in [3.05, 3.63) is 50.3 Å². The lowest BCUT2D eigenvalue weighted by atomic mass is 9.83. The van der Waals surface area contributed by atoms with E-state index in [-0.39, 0.29) is 42.7 Å². The molecule has 0 saturated carbocycles. The van der Waals surface area contributed by atoms with Crippen LogP contribution in [0, 0.1) is 0 Å². The lowest BCUT2D eigenvalue weighted by Gasteiger charge is -2.37. The van der Waals surface area contributed by atoms with E-state index in [0.29, 0.717) is 51.8 Å². The Morgan fingerprint density at radius 2 is 2.06 bits per heavy atom. The highest BCUT2D eigenvalue weighted by molar-refractivity contribution is 5.95. The maximum Gasteiger partial charge on any atom is 0.586 e. The van der Waals surface area contributed by atoms with Gasteiger partial charge in [-0.2, -0.15) is 0 Å². The van der Waals surface area contributed by atoms with E-state index in [1.165, 1.54) is 6.07 Å². The van der Waals surface area contributed by atoms with Gasteiger partial charge in [0, 0.05) is 45.7 Å². The van der Waals surface area contributed by atoms with Crippen LogP contribution in [0.25, 0.3) is 22.3 Å². The molecule has 1 unspecified atom stereocenters. The van der Waals surface area contributed by atoms with Crippen molar-refractivity contribution in [3.63, 3.8) is 0 Å². The zero-order chi connectivity index (χ0) is 24.4. The number of alkyl halides is 2. The lowest BCUT2D eigenvalue weighted by molar-refractivity contribution is -0.428. The normalized spacial score (nSPS) is 27.0. The predicted molar refractivity (Wildman–Crippen MR) is 116 cm³/mol. The second kappa shape index (κ2) is 6.55. The van der Waals surface area contributed by atoms with Crippen LogP contribution in [0.5, 0.6) is 11.5 Å². The Hall–Kier alpha value is -3.12. The Bertz CT molecular complexity index is 1540. The molecule has 0 amide bonds. The second-order valence-corrected chi connectivity index (χ2v) is 9.59. The standard InChI is InChI=1S/C24H21F2N3O6/c1-2-23(32)12-5-15-19-10(7-29(15)21(30)11(12)8-33-22(23)31)17-13(27)4-3-9-18(17)14(28-19)6-16-20(9)35-24(25,26)34-16/h5-6,13,22,31-32H,2-4,7-8,27H2,1H3/p+1/t13-,22?,23+/m1/s1. The van der Waals surface area contributed by atoms with Gasteiger partial charge in [-0.1, -0.05) is 6.92 Å². The molecule has 182 valence electrons. The molecule has 2 aromatic heterocycles. The van der Waals surface area contributed by atoms with Gasteiger partial charge < -0.3 is 34.7 Å². The number of benzene rings is 1. The molecule has 9 nitrogen and oxygen atoms in total. The molecular weight excluding hydrogens is 464 g/mol. The third-order valence-corrected chi connectivity index (χ3v) is 7.80. The number of aliphatic hydroxyl groups excluding tert-OH is 1. The van der Waals surface area contributed by atoms with Crippen molar-refractivity contribution in [2.24, 2.45) is 0 Å². The second-order valence-electron chi connectivity index (χ2n) is 9.59. The predicted octanol–water partition coefficient (Wildman–Crippen LogP) is 1.42. The van der Waals surface area contributed by atoms with Crippen LogP contribution in [0.3, 0.4) is 0 Å². The van der Waals surface area contributed by atoms with Gasteiger partial charge in [-0.25, -0.2) is 4.98 Å². The number of nitrogens with zero attached hydrogens (tertiary/aromatic N) is 2. The van der Waals surface area contributed by atoms with Gasteiger partial charge in [-0.3, -0.25) is 4.79 Å². The first-order chi connectivity index (χ1) is 16.6. The summed E-state index contributed by atoms with van der Waals surface area (Å²) in [6.45, 7) is 1.82. The van der Waals surface area contributed by atoms with Gasteiger partial charge in [0.15, 0.2) is 17.8 Å². The number of ether oxygens (including phenoxy) is 3. The highest BCUT2D eigenvalue weighted by Gasteiger charge is 2.48. The number of fused-ring (bicyclic) bond motifs is 7. The molecule has 3 aliphatic heterocycles. The summed E-state index contributed by atoms with van der Waals surface area (Å²) < 4.78 is 44.3. The van der Waals surface area contributed by atoms with Gasteiger partial charge in [0.25, 0.3) is 5.56 Å². The number of hydrogen-bond donors (Lipinski definition) is 3. The molecule has 35 heavy (non-hydrogen) atoms. The van der Waals surface area contributed by atoms with Gasteiger partial charge >= 0.3 is 6.29 Å². The zero-order valence-electron chi connectivity index (χ0n) is 18.7. The fourth-order valence-electron chi connectivity index (χ4n) is 6.04. The molecule has 1 aromatic carbocycles. The van der Waals surface area contributed by atoms with Crippen LogP contribution in [0.1, 0.15) is 53.6 Å². The molecular formula is C24H22F2N3O6+. The number of quaternary nitrogens is 1. The number of aliphatic hydroxyl groups is 2. The van der Waals surface area contributed by atoms with Crippen molar-refractivity contribution in [2.75, 3.05) is 0 Å². The molecule has 3 aromatic rings. The molecule has 0 spiro atoms. The monoisotopic (exact) mass is 486 g/mol. The minimum Gasteiger partial charge on any atom is -0.395 e. The van der Waals surface area contributed by atoms with Crippen molar-refractivity contribution in [3.8, 4) is 22.9 Å². The maximum atomic E-state index is 13.9. The van der Waals surface area contributed by atoms with Gasteiger partial charge in [-0.15, -0.1) is 8.78 Å². The molecule has 5 heterocycles. The van der Waals surface area contributed by atoms with Crippen molar-refractivity contribution in [1.29, 1.82) is 0 Å². The van der Waals surface area contributed by atoms with Crippen LogP contribution in [0.15, 0.2) is 16.9 Å². The molecule has 5 N–H and O–H groups in total. The summed E-state index contributed by atoms with van der Waals surface area (Å²) in [4.78, 5) is 18.3. The fourth-order valence-corrected chi connectivity index (χ4v) is 6.04. The summed E-state index contributed by atoms with van der Waals surface area (Å²) >= 11 is 0. The van der Waals surface area contributed by atoms with Crippen LogP contribution < -0.4 is 20.8 Å². The highest BCUT2D eigenvalue weighted by Crippen LogP contribution is 2.52. The van der Waals surface area contributed by atoms with E-state index in [2.05, 4.69) is 5.73 Å². The lowest BCUT2D eigenvalue weighted by Crippen LogP contribution is -2.54. The minimum atomic E-state index is -3.74. The third kappa shape index (κ3) is 2.58. The molecule has 0 radical (unpaired) electrons. The zero-order valence-corrected chi connectivity index (χ0v) is 18.7. The molecule has 0 bridgehead atoms. The van der Waals surface area contributed by atoms with Crippen molar-refractivity contribution >= 4 is 10.9 Å². The van der Waals surface area contributed by atoms with E-state index in [4.69, 9.17) is 19.2 Å². The molecule has 1 aliphatic carbocycles. The van der Waals surface area contributed by atoms with Crippen LogP contribution in [0.4, 0.5) is 8.78 Å². The minimum absolute atomic E-state index is 0.0275. The summed E-state index contributed by atoms with van der Waals surface area (Å²) in [5.41, 5.74) is 6.58. The average molecular weight is 486 g/mol. The Morgan fingerprint density at radius 3 is 2.83 bits per heavy atom. The van der Waals surface area contributed by atoms with Crippen molar-refractivity contribution in [2.45, 2.75) is 63.6 Å². The molecule has 0 fully saturated rings. The molecule has 0 saturated heterocycles. The van der Waals surface area contributed by atoms with Crippen LogP contribution >= 0.6 is 0 Å². The maximum absolute atomic E-state index is 13.9. The Morgan fingerprint density at radius 1 is 1.26 bits per heavy atom. The number of aromatic nitrogens is 2. The Labute approximate surface area is 196 Å². The topological polar surface area (TPSA) is 131 Å². The average Bonchev–Trinajstić information content (AvgIpc) is 3.34. The van der Waals surface area contributed by atoms with E-state index in [9.17, 15) is 23.8 Å². The molecule has 3 atom stereocenters. The first-order valence-electron chi connectivity index (χ1n) is 11.5. The quantitative estimate of drug-likeness (QED) is 0.371. The summed E-state index contributed by atoms with van der Waals surface area (Å²) in [5, 5.41) is 22.2. The largest absolute Gasteiger partial charge is 0.586 e. The number of hydrogen-bond acceptors (Lipinski definition) is 7. The van der Waals surface area contributed by atoms with Gasteiger partial charge in [-0.05, 0) is 18.9 Å². The van der Waals surface area contributed by atoms with Gasteiger partial charge in [0.2, 0.25) is 0 Å². The molecule has 11 heteroatoms. The number of halogens is 2. The molecule has 4 aliphatic rings. The van der Waals surface area contributed by atoms with Gasteiger partial charge in [0.05, 0.1) is 30.1 Å². The number of rotatable bonds is 1. The van der Waals surface area contributed by atoms with Crippen molar-refractivity contribution < 1.29 is 38.9 Å².